The number of amides is 2. The molecule has 0 unspecified atom stereocenters. The Morgan fingerprint density at radius 1 is 1.19 bits per heavy atom. The van der Waals surface area contributed by atoms with Crippen LogP contribution in [-0.4, -0.2) is 54.6 Å². The normalized spacial score (nSPS) is 15.0. The van der Waals surface area contributed by atoms with Crippen LogP contribution in [0.1, 0.15) is 22.8 Å². The molecule has 114 valence electrons. The molecular formula is C15H19BrN2O3. The first-order valence-electron chi connectivity index (χ1n) is 7.00. The van der Waals surface area contributed by atoms with Crippen molar-refractivity contribution < 1.29 is 14.3 Å². The van der Waals surface area contributed by atoms with E-state index in [2.05, 4.69) is 15.9 Å². The molecule has 0 saturated carbocycles. The highest BCUT2D eigenvalue weighted by Gasteiger charge is 2.26. The number of benzene rings is 1. The number of nitrogens with zero attached hydrogens (tertiary/aromatic N) is 2. The maximum atomic E-state index is 12.5. The zero-order valence-electron chi connectivity index (χ0n) is 12.3. The van der Waals surface area contributed by atoms with E-state index in [1.165, 1.54) is 0 Å². The minimum atomic E-state index is -0.303. The van der Waals surface area contributed by atoms with Crippen molar-refractivity contribution in [3.63, 3.8) is 0 Å². The van der Waals surface area contributed by atoms with Gasteiger partial charge in [-0.1, -0.05) is 22.0 Å². The Morgan fingerprint density at radius 2 is 1.81 bits per heavy atom. The van der Waals surface area contributed by atoms with E-state index in [1.54, 1.807) is 16.7 Å². The lowest BCUT2D eigenvalue weighted by Crippen LogP contribution is -2.50. The molecule has 1 aromatic rings. The van der Waals surface area contributed by atoms with Crippen molar-refractivity contribution in [2.45, 2.75) is 13.8 Å². The number of carbonyl (C=O) groups is 2. The molecule has 0 radical (unpaired) electrons. The lowest BCUT2D eigenvalue weighted by atomic mass is 10.1. The molecule has 0 aromatic heterocycles. The largest absolute Gasteiger partial charge is 0.450 e. The molecule has 6 heteroatoms. The summed E-state index contributed by atoms with van der Waals surface area (Å²) in [6, 6.07) is 5.62. The number of hydrogen-bond donors (Lipinski definition) is 0. The summed E-state index contributed by atoms with van der Waals surface area (Å²) in [5, 5.41) is 0. The van der Waals surface area contributed by atoms with Crippen LogP contribution in [0, 0.1) is 6.92 Å². The van der Waals surface area contributed by atoms with E-state index in [9.17, 15) is 9.59 Å². The number of carbonyl (C=O) groups excluding carboxylic acids is 2. The molecule has 1 fully saturated rings. The summed E-state index contributed by atoms with van der Waals surface area (Å²) in [6.07, 6.45) is -0.303. The Balaban J connectivity index is 2.00. The molecule has 0 bridgehead atoms. The average molecular weight is 355 g/mol. The minimum Gasteiger partial charge on any atom is -0.450 e. The molecule has 21 heavy (non-hydrogen) atoms. The van der Waals surface area contributed by atoms with Gasteiger partial charge in [0, 0.05) is 36.2 Å². The summed E-state index contributed by atoms with van der Waals surface area (Å²) in [6.45, 7) is 6.16. The van der Waals surface area contributed by atoms with Gasteiger partial charge in [-0.2, -0.15) is 0 Å². The Bertz CT molecular complexity index is 540. The fourth-order valence-corrected chi connectivity index (χ4v) is 2.68. The fourth-order valence-electron chi connectivity index (χ4n) is 2.32. The van der Waals surface area contributed by atoms with E-state index in [1.807, 2.05) is 25.1 Å². The quantitative estimate of drug-likeness (QED) is 0.820. The van der Waals surface area contributed by atoms with Gasteiger partial charge in [0.25, 0.3) is 5.91 Å². The highest BCUT2D eigenvalue weighted by Crippen LogP contribution is 2.21. The number of rotatable bonds is 2. The van der Waals surface area contributed by atoms with Crippen LogP contribution < -0.4 is 0 Å². The van der Waals surface area contributed by atoms with Gasteiger partial charge in [0.15, 0.2) is 0 Å². The Kier molecular flexibility index (Phi) is 5.22. The fraction of sp³-hybridized carbons (Fsp3) is 0.467. The maximum absolute atomic E-state index is 12.5. The summed E-state index contributed by atoms with van der Waals surface area (Å²) >= 11 is 3.44. The van der Waals surface area contributed by atoms with Crippen molar-refractivity contribution in [3.05, 3.63) is 33.8 Å². The molecule has 2 rings (SSSR count). The van der Waals surface area contributed by atoms with Gasteiger partial charge in [-0.05, 0) is 31.5 Å². The molecule has 1 heterocycles. The Morgan fingerprint density at radius 3 is 2.43 bits per heavy atom. The van der Waals surface area contributed by atoms with Crippen LogP contribution in [0.3, 0.4) is 0 Å². The first kappa shape index (κ1) is 15.8. The second-order valence-corrected chi connectivity index (χ2v) is 5.74. The average Bonchev–Trinajstić information content (AvgIpc) is 2.50. The third-order valence-corrected chi connectivity index (χ3v) is 4.45. The molecule has 1 aliphatic rings. The second-order valence-electron chi connectivity index (χ2n) is 4.89. The highest BCUT2D eigenvalue weighted by atomic mass is 79.9. The first-order valence-corrected chi connectivity index (χ1v) is 7.80. The predicted octanol–water partition coefficient (Wildman–Crippen LogP) is 2.67. The van der Waals surface area contributed by atoms with Crippen LogP contribution in [0.2, 0.25) is 0 Å². The van der Waals surface area contributed by atoms with Crippen molar-refractivity contribution in [1.82, 2.24) is 9.80 Å². The van der Waals surface area contributed by atoms with Crippen LogP contribution in [-0.2, 0) is 4.74 Å². The summed E-state index contributed by atoms with van der Waals surface area (Å²) in [5.41, 5.74) is 1.64. The lowest BCUT2D eigenvalue weighted by molar-refractivity contribution is 0.0570. The zero-order valence-corrected chi connectivity index (χ0v) is 13.9. The van der Waals surface area contributed by atoms with E-state index >= 15 is 0 Å². The first-order chi connectivity index (χ1) is 10.0. The van der Waals surface area contributed by atoms with Gasteiger partial charge in [-0.3, -0.25) is 4.79 Å². The van der Waals surface area contributed by atoms with Crippen LogP contribution in [0.4, 0.5) is 4.79 Å². The zero-order chi connectivity index (χ0) is 15.4. The van der Waals surface area contributed by atoms with Gasteiger partial charge >= 0.3 is 6.09 Å². The van der Waals surface area contributed by atoms with Gasteiger partial charge in [-0.25, -0.2) is 4.79 Å². The summed E-state index contributed by atoms with van der Waals surface area (Å²) in [5.74, 6) is 0.0114. The molecule has 2 amide bonds. The maximum Gasteiger partial charge on any atom is 0.409 e. The van der Waals surface area contributed by atoms with E-state index in [0.717, 1.165) is 10.0 Å². The standard InChI is InChI=1S/C15H19BrN2O3/c1-3-21-15(20)18-9-7-17(8-10-18)14(19)12-5-4-6-13(16)11(12)2/h4-6H,3,7-10H2,1-2H3. The van der Waals surface area contributed by atoms with Crippen LogP contribution in [0.15, 0.2) is 22.7 Å². The highest BCUT2D eigenvalue weighted by molar-refractivity contribution is 9.10. The van der Waals surface area contributed by atoms with Gasteiger partial charge in [0.05, 0.1) is 6.61 Å². The van der Waals surface area contributed by atoms with E-state index < -0.39 is 0 Å². The van der Waals surface area contributed by atoms with Crippen LogP contribution in [0.25, 0.3) is 0 Å². The van der Waals surface area contributed by atoms with Crippen LogP contribution >= 0.6 is 15.9 Å². The van der Waals surface area contributed by atoms with Gasteiger partial charge < -0.3 is 14.5 Å². The molecule has 0 N–H and O–H groups in total. The molecular weight excluding hydrogens is 336 g/mol. The van der Waals surface area contributed by atoms with Crippen molar-refractivity contribution in [2.24, 2.45) is 0 Å². The number of halogens is 1. The van der Waals surface area contributed by atoms with E-state index in [-0.39, 0.29) is 12.0 Å². The van der Waals surface area contributed by atoms with Crippen molar-refractivity contribution >= 4 is 27.9 Å². The molecule has 1 aliphatic heterocycles. The lowest BCUT2D eigenvalue weighted by Gasteiger charge is -2.34. The third kappa shape index (κ3) is 3.56. The topological polar surface area (TPSA) is 49.9 Å². The Hall–Kier alpha value is -1.56. The predicted molar refractivity (Wildman–Crippen MR) is 83.4 cm³/mol. The number of hydrogen-bond acceptors (Lipinski definition) is 3. The van der Waals surface area contributed by atoms with E-state index in [0.29, 0.717) is 38.3 Å². The van der Waals surface area contributed by atoms with Crippen molar-refractivity contribution in [2.75, 3.05) is 32.8 Å². The van der Waals surface area contributed by atoms with Gasteiger partial charge in [0.2, 0.25) is 0 Å². The van der Waals surface area contributed by atoms with Gasteiger partial charge in [0.1, 0.15) is 0 Å². The smallest absolute Gasteiger partial charge is 0.409 e. The summed E-state index contributed by atoms with van der Waals surface area (Å²) in [7, 11) is 0. The molecule has 0 atom stereocenters. The Labute approximate surface area is 133 Å². The van der Waals surface area contributed by atoms with E-state index in [4.69, 9.17) is 4.74 Å². The SMILES string of the molecule is CCOC(=O)N1CCN(C(=O)c2cccc(Br)c2C)CC1. The van der Waals surface area contributed by atoms with Crippen LogP contribution in [0.5, 0.6) is 0 Å². The molecule has 0 spiro atoms. The molecule has 1 saturated heterocycles. The number of ether oxygens (including phenoxy) is 1. The molecule has 0 aliphatic carbocycles. The molecule has 1 aromatic carbocycles. The summed E-state index contributed by atoms with van der Waals surface area (Å²) in [4.78, 5) is 27.6. The number of piperazine rings is 1. The van der Waals surface area contributed by atoms with Crippen molar-refractivity contribution in [3.8, 4) is 0 Å². The third-order valence-electron chi connectivity index (χ3n) is 3.59. The van der Waals surface area contributed by atoms with Crippen molar-refractivity contribution in [1.29, 1.82) is 0 Å². The second kappa shape index (κ2) is 6.93. The molecule has 5 nitrogen and oxygen atoms in total. The minimum absolute atomic E-state index is 0.0114. The monoisotopic (exact) mass is 354 g/mol. The van der Waals surface area contributed by atoms with Gasteiger partial charge in [-0.15, -0.1) is 0 Å². The summed E-state index contributed by atoms with van der Waals surface area (Å²) < 4.78 is 5.90.